The monoisotopic (exact) mass is 392 g/mol. The van der Waals surface area contributed by atoms with E-state index >= 15 is 0 Å². The summed E-state index contributed by atoms with van der Waals surface area (Å²) in [5.41, 5.74) is 0.345. The first kappa shape index (κ1) is 21.1. The molecule has 1 N–H and O–H groups in total. The van der Waals surface area contributed by atoms with Gasteiger partial charge >= 0.3 is 6.18 Å². The molecule has 0 radical (unpaired) electrons. The van der Waals surface area contributed by atoms with Crippen molar-refractivity contribution in [3.8, 4) is 0 Å². The Morgan fingerprint density at radius 1 is 0.893 bits per heavy atom. The summed E-state index contributed by atoms with van der Waals surface area (Å²) in [5.74, 6) is -0.881. The van der Waals surface area contributed by atoms with E-state index in [1.165, 1.54) is 18.7 Å². The van der Waals surface area contributed by atoms with E-state index in [1.807, 2.05) is 0 Å². The average molecular weight is 392 g/mol. The molecule has 0 aliphatic carbocycles. The van der Waals surface area contributed by atoms with Gasteiger partial charge in [-0.1, -0.05) is 0 Å². The SMILES string of the molecule is CC(=O)c1ccc(N(CCNC(=O)c2ccc(C(F)(F)F)cc2)C(C)=O)cc1. The van der Waals surface area contributed by atoms with Gasteiger partial charge in [0.05, 0.1) is 5.56 Å². The smallest absolute Gasteiger partial charge is 0.350 e. The van der Waals surface area contributed by atoms with Crippen LogP contribution in [0.3, 0.4) is 0 Å². The number of nitrogens with one attached hydrogen (secondary N) is 1. The molecule has 0 bridgehead atoms. The molecule has 0 aliphatic heterocycles. The highest BCUT2D eigenvalue weighted by Crippen LogP contribution is 2.29. The van der Waals surface area contributed by atoms with E-state index in [1.54, 1.807) is 24.3 Å². The van der Waals surface area contributed by atoms with Crippen molar-refractivity contribution < 1.29 is 27.6 Å². The molecule has 5 nitrogen and oxygen atoms in total. The van der Waals surface area contributed by atoms with E-state index in [4.69, 9.17) is 0 Å². The molecule has 8 heteroatoms. The molecule has 28 heavy (non-hydrogen) atoms. The molecule has 0 unspecified atom stereocenters. The van der Waals surface area contributed by atoms with Gasteiger partial charge in [0, 0.05) is 36.8 Å². The topological polar surface area (TPSA) is 66.5 Å². The summed E-state index contributed by atoms with van der Waals surface area (Å²) in [6, 6.07) is 10.4. The first-order valence-electron chi connectivity index (χ1n) is 8.44. The number of anilines is 1. The van der Waals surface area contributed by atoms with Crippen molar-refractivity contribution in [2.75, 3.05) is 18.0 Å². The Kier molecular flexibility index (Phi) is 6.56. The van der Waals surface area contributed by atoms with Gasteiger partial charge in [-0.05, 0) is 55.5 Å². The fourth-order valence-electron chi connectivity index (χ4n) is 2.54. The van der Waals surface area contributed by atoms with Crippen LogP contribution >= 0.6 is 0 Å². The summed E-state index contributed by atoms with van der Waals surface area (Å²) < 4.78 is 37.7. The Bertz CT molecular complexity index is 860. The highest BCUT2D eigenvalue weighted by Gasteiger charge is 2.30. The molecule has 0 saturated carbocycles. The largest absolute Gasteiger partial charge is 0.416 e. The van der Waals surface area contributed by atoms with Crippen LogP contribution in [0.4, 0.5) is 18.9 Å². The molecule has 2 rings (SSSR count). The van der Waals surface area contributed by atoms with Gasteiger partial charge in [-0.2, -0.15) is 13.2 Å². The van der Waals surface area contributed by atoms with Crippen LogP contribution in [0.5, 0.6) is 0 Å². The lowest BCUT2D eigenvalue weighted by molar-refractivity contribution is -0.137. The number of hydrogen-bond acceptors (Lipinski definition) is 3. The van der Waals surface area contributed by atoms with Crippen molar-refractivity contribution in [1.82, 2.24) is 5.32 Å². The van der Waals surface area contributed by atoms with Crippen molar-refractivity contribution in [3.63, 3.8) is 0 Å². The molecule has 0 heterocycles. The lowest BCUT2D eigenvalue weighted by Crippen LogP contribution is -2.37. The summed E-state index contributed by atoms with van der Waals surface area (Å²) >= 11 is 0. The summed E-state index contributed by atoms with van der Waals surface area (Å²) in [7, 11) is 0. The zero-order chi connectivity index (χ0) is 20.9. The number of halogens is 3. The van der Waals surface area contributed by atoms with Gasteiger partial charge in [-0.15, -0.1) is 0 Å². The van der Waals surface area contributed by atoms with Crippen molar-refractivity contribution in [1.29, 1.82) is 0 Å². The van der Waals surface area contributed by atoms with Crippen LogP contribution in [0.2, 0.25) is 0 Å². The van der Waals surface area contributed by atoms with Crippen molar-refractivity contribution in [3.05, 3.63) is 65.2 Å². The van der Waals surface area contributed by atoms with E-state index in [9.17, 15) is 27.6 Å². The number of carbonyl (C=O) groups is 3. The van der Waals surface area contributed by atoms with Crippen molar-refractivity contribution in [2.24, 2.45) is 0 Å². The Morgan fingerprint density at radius 2 is 1.43 bits per heavy atom. The molecule has 0 spiro atoms. The van der Waals surface area contributed by atoms with Gasteiger partial charge in [-0.25, -0.2) is 0 Å². The maximum absolute atomic E-state index is 12.6. The molecule has 0 aliphatic rings. The number of rotatable bonds is 6. The number of benzene rings is 2. The van der Waals surface area contributed by atoms with E-state index in [2.05, 4.69) is 5.32 Å². The Morgan fingerprint density at radius 3 is 1.89 bits per heavy atom. The first-order valence-corrected chi connectivity index (χ1v) is 8.44. The fraction of sp³-hybridized carbons (Fsp3) is 0.250. The second kappa shape index (κ2) is 8.69. The van der Waals surface area contributed by atoms with Gasteiger partial charge in [0.1, 0.15) is 0 Å². The first-order chi connectivity index (χ1) is 13.1. The highest BCUT2D eigenvalue weighted by molar-refractivity contribution is 5.96. The molecule has 2 aromatic rings. The summed E-state index contributed by atoms with van der Waals surface area (Å²) in [4.78, 5) is 36.7. The average Bonchev–Trinajstić information content (AvgIpc) is 2.64. The predicted octanol–water partition coefficient (Wildman–Crippen LogP) is 3.69. The van der Waals surface area contributed by atoms with Crippen LogP contribution in [0.1, 0.15) is 40.1 Å². The van der Waals surface area contributed by atoms with Gasteiger partial charge in [0.25, 0.3) is 5.91 Å². The molecule has 0 atom stereocenters. The summed E-state index contributed by atoms with van der Waals surface area (Å²) in [6.45, 7) is 3.08. The van der Waals surface area contributed by atoms with Gasteiger partial charge < -0.3 is 10.2 Å². The lowest BCUT2D eigenvalue weighted by atomic mass is 10.1. The van der Waals surface area contributed by atoms with Crippen LogP contribution < -0.4 is 10.2 Å². The molecular formula is C20H19F3N2O3. The minimum atomic E-state index is -4.46. The number of Topliss-reactive ketones (excluding diaryl/α,β-unsaturated/α-hetero) is 1. The molecule has 148 valence electrons. The number of hydrogen-bond donors (Lipinski definition) is 1. The minimum Gasteiger partial charge on any atom is -0.350 e. The normalized spacial score (nSPS) is 11.0. The summed E-state index contributed by atoms with van der Waals surface area (Å²) in [6.07, 6.45) is -4.46. The molecule has 0 saturated heterocycles. The van der Waals surface area contributed by atoms with E-state index < -0.39 is 17.6 Å². The van der Waals surface area contributed by atoms with Crippen molar-refractivity contribution in [2.45, 2.75) is 20.0 Å². The lowest BCUT2D eigenvalue weighted by Gasteiger charge is -2.21. The molecule has 0 fully saturated rings. The fourth-order valence-corrected chi connectivity index (χ4v) is 2.54. The molecule has 2 aromatic carbocycles. The zero-order valence-electron chi connectivity index (χ0n) is 15.3. The van der Waals surface area contributed by atoms with Crippen LogP contribution in [-0.2, 0) is 11.0 Å². The second-order valence-electron chi connectivity index (χ2n) is 6.10. The van der Waals surface area contributed by atoms with Crippen LogP contribution in [-0.4, -0.2) is 30.7 Å². The highest BCUT2D eigenvalue weighted by atomic mass is 19.4. The Balaban J connectivity index is 1.98. The van der Waals surface area contributed by atoms with Crippen LogP contribution in [0, 0.1) is 0 Å². The maximum atomic E-state index is 12.6. The number of ketones is 1. The third-order valence-corrected chi connectivity index (χ3v) is 4.06. The standard InChI is InChI=1S/C20H19F3N2O3/c1-13(26)15-5-9-18(10-6-15)25(14(2)27)12-11-24-19(28)16-3-7-17(8-4-16)20(21,22)23/h3-10H,11-12H2,1-2H3,(H,24,28). The van der Waals surface area contributed by atoms with Gasteiger partial charge in [0.15, 0.2) is 5.78 Å². The van der Waals surface area contributed by atoms with Crippen LogP contribution in [0.15, 0.2) is 48.5 Å². The Hall–Kier alpha value is -3.16. The quantitative estimate of drug-likeness (QED) is 0.763. The molecule has 0 aromatic heterocycles. The van der Waals surface area contributed by atoms with Gasteiger partial charge in [-0.3, -0.25) is 14.4 Å². The Labute approximate surface area is 160 Å². The van der Waals surface area contributed by atoms with E-state index in [0.717, 1.165) is 24.3 Å². The number of carbonyl (C=O) groups excluding carboxylic acids is 3. The maximum Gasteiger partial charge on any atom is 0.416 e. The van der Waals surface area contributed by atoms with E-state index in [0.29, 0.717) is 11.3 Å². The third-order valence-electron chi connectivity index (χ3n) is 4.06. The molecule has 2 amide bonds. The van der Waals surface area contributed by atoms with Gasteiger partial charge in [0.2, 0.25) is 5.91 Å². The van der Waals surface area contributed by atoms with E-state index in [-0.39, 0.29) is 30.3 Å². The zero-order valence-corrected chi connectivity index (χ0v) is 15.3. The molecular weight excluding hydrogens is 373 g/mol. The number of alkyl halides is 3. The predicted molar refractivity (Wildman–Crippen MR) is 98.3 cm³/mol. The van der Waals surface area contributed by atoms with Crippen LogP contribution in [0.25, 0.3) is 0 Å². The minimum absolute atomic E-state index is 0.0909. The third kappa shape index (κ3) is 5.42. The number of amides is 2. The van der Waals surface area contributed by atoms with Crippen molar-refractivity contribution >= 4 is 23.3 Å². The summed E-state index contributed by atoms with van der Waals surface area (Å²) in [5, 5.41) is 2.57. The second-order valence-corrected chi connectivity index (χ2v) is 6.10. The number of nitrogens with zero attached hydrogens (tertiary/aromatic N) is 1.